The Balaban J connectivity index is 1.83. The summed E-state index contributed by atoms with van der Waals surface area (Å²) in [6.45, 7) is 7.05. The number of aryl methyl sites for hydroxylation is 2. The zero-order valence-electron chi connectivity index (χ0n) is 15.8. The summed E-state index contributed by atoms with van der Waals surface area (Å²) in [4.78, 5) is 27.6. The van der Waals surface area contributed by atoms with E-state index in [1.165, 1.54) is 5.56 Å². The van der Waals surface area contributed by atoms with Gasteiger partial charge in [0.1, 0.15) is 17.3 Å². The number of benzene rings is 1. The van der Waals surface area contributed by atoms with Gasteiger partial charge in [-0.15, -0.1) is 0 Å². The van der Waals surface area contributed by atoms with Crippen LogP contribution in [-0.2, 0) is 6.54 Å². The van der Waals surface area contributed by atoms with E-state index in [-0.39, 0.29) is 5.91 Å². The molecule has 0 spiro atoms. The molecule has 0 atom stereocenters. The Bertz CT molecular complexity index is 927. The number of carbonyl (C=O) groups excluding carboxylic acids is 1. The van der Waals surface area contributed by atoms with Gasteiger partial charge in [-0.05, 0) is 50.1 Å². The summed E-state index contributed by atoms with van der Waals surface area (Å²) in [6.07, 6.45) is 3.43. The Morgan fingerprint density at radius 2 is 1.96 bits per heavy atom. The molecule has 3 aromatic rings. The van der Waals surface area contributed by atoms with Crippen molar-refractivity contribution in [2.45, 2.75) is 27.3 Å². The van der Waals surface area contributed by atoms with Crippen LogP contribution < -0.4 is 10.2 Å². The average molecular weight is 361 g/mol. The lowest BCUT2D eigenvalue weighted by atomic mass is 10.2. The van der Waals surface area contributed by atoms with Crippen molar-refractivity contribution < 1.29 is 4.79 Å². The molecular formula is C21H23N5O. The summed E-state index contributed by atoms with van der Waals surface area (Å²) in [5.74, 6) is 1.04. The molecule has 0 saturated heterocycles. The molecule has 0 unspecified atom stereocenters. The third-order valence-electron chi connectivity index (χ3n) is 4.14. The molecule has 0 radical (unpaired) electrons. The Morgan fingerprint density at radius 1 is 1.11 bits per heavy atom. The Labute approximate surface area is 159 Å². The number of rotatable bonds is 6. The molecule has 6 heteroatoms. The van der Waals surface area contributed by atoms with Crippen molar-refractivity contribution >= 4 is 17.4 Å². The van der Waals surface area contributed by atoms with Crippen LogP contribution in [0.2, 0.25) is 0 Å². The van der Waals surface area contributed by atoms with Crippen LogP contribution in [0.25, 0.3) is 0 Å². The summed E-state index contributed by atoms with van der Waals surface area (Å²) < 4.78 is 0. The molecule has 0 bridgehead atoms. The maximum Gasteiger partial charge on any atom is 0.270 e. The topological polar surface area (TPSA) is 71.0 Å². The molecule has 0 aliphatic heterocycles. The van der Waals surface area contributed by atoms with Crippen molar-refractivity contribution in [1.29, 1.82) is 0 Å². The number of amides is 1. The molecule has 1 amide bonds. The van der Waals surface area contributed by atoms with Gasteiger partial charge in [0.25, 0.3) is 5.91 Å². The second-order valence-electron chi connectivity index (χ2n) is 6.29. The number of nitrogens with zero attached hydrogens (tertiary/aromatic N) is 4. The fraction of sp³-hybridized carbons (Fsp3) is 0.238. The minimum atomic E-state index is -0.231. The third-order valence-corrected chi connectivity index (χ3v) is 4.14. The summed E-state index contributed by atoms with van der Waals surface area (Å²) in [5, 5.41) is 2.89. The van der Waals surface area contributed by atoms with Gasteiger partial charge in [-0.25, -0.2) is 9.97 Å². The van der Waals surface area contributed by atoms with Gasteiger partial charge in [0.15, 0.2) is 0 Å². The van der Waals surface area contributed by atoms with Crippen LogP contribution >= 0.6 is 0 Å². The van der Waals surface area contributed by atoms with Crippen molar-refractivity contribution in [3.05, 3.63) is 77.5 Å². The second kappa shape index (κ2) is 8.40. The number of hydrogen-bond acceptors (Lipinski definition) is 5. The second-order valence-corrected chi connectivity index (χ2v) is 6.29. The predicted octanol–water partition coefficient (Wildman–Crippen LogP) is 3.58. The first-order valence-electron chi connectivity index (χ1n) is 8.94. The normalized spacial score (nSPS) is 10.5. The summed E-state index contributed by atoms with van der Waals surface area (Å²) in [5.41, 5.74) is 3.50. The number of pyridine rings is 1. The molecule has 0 aliphatic rings. The lowest BCUT2D eigenvalue weighted by Crippen LogP contribution is -2.25. The zero-order chi connectivity index (χ0) is 19.2. The van der Waals surface area contributed by atoms with E-state index in [2.05, 4.69) is 51.1 Å². The van der Waals surface area contributed by atoms with Gasteiger partial charge in [-0.2, -0.15) is 0 Å². The van der Waals surface area contributed by atoms with Gasteiger partial charge in [0.05, 0.1) is 0 Å². The van der Waals surface area contributed by atoms with Crippen LogP contribution in [0, 0.1) is 13.8 Å². The highest BCUT2D eigenvalue weighted by Gasteiger charge is 2.15. The van der Waals surface area contributed by atoms with Crippen molar-refractivity contribution in [2.75, 3.05) is 11.4 Å². The fourth-order valence-electron chi connectivity index (χ4n) is 2.85. The van der Waals surface area contributed by atoms with E-state index in [4.69, 9.17) is 0 Å². The molecule has 6 nitrogen and oxygen atoms in total. The number of aromatic nitrogens is 3. The minimum absolute atomic E-state index is 0.231. The maximum atomic E-state index is 12.6. The minimum Gasteiger partial charge on any atom is -0.347 e. The molecule has 3 rings (SSSR count). The molecule has 1 aromatic carbocycles. The molecule has 0 aliphatic carbocycles. The molecule has 27 heavy (non-hydrogen) atoms. The number of hydrogen-bond donors (Lipinski definition) is 1. The van der Waals surface area contributed by atoms with Gasteiger partial charge in [-0.3, -0.25) is 9.78 Å². The SMILES string of the molecule is CCN(c1cccc(C)c1)c1cc(C(=O)NCc2cccnc2)nc(C)n1. The van der Waals surface area contributed by atoms with Crippen LogP contribution in [0.5, 0.6) is 0 Å². The van der Waals surface area contributed by atoms with Crippen LogP contribution in [0.3, 0.4) is 0 Å². The molecular weight excluding hydrogens is 338 g/mol. The largest absolute Gasteiger partial charge is 0.347 e. The van der Waals surface area contributed by atoms with Gasteiger partial charge < -0.3 is 10.2 Å². The highest BCUT2D eigenvalue weighted by atomic mass is 16.1. The van der Waals surface area contributed by atoms with Crippen LogP contribution in [-0.4, -0.2) is 27.4 Å². The fourth-order valence-corrected chi connectivity index (χ4v) is 2.85. The van der Waals surface area contributed by atoms with Crippen LogP contribution in [0.15, 0.2) is 54.9 Å². The first-order chi connectivity index (χ1) is 13.1. The molecule has 138 valence electrons. The van der Waals surface area contributed by atoms with E-state index in [0.717, 1.165) is 17.8 Å². The molecule has 0 saturated carbocycles. The monoisotopic (exact) mass is 361 g/mol. The highest BCUT2D eigenvalue weighted by molar-refractivity contribution is 5.93. The van der Waals surface area contributed by atoms with Crippen LogP contribution in [0.4, 0.5) is 11.5 Å². The Morgan fingerprint density at radius 3 is 2.67 bits per heavy atom. The van der Waals surface area contributed by atoms with Crippen molar-refractivity contribution in [1.82, 2.24) is 20.3 Å². The first kappa shape index (κ1) is 18.5. The Hall–Kier alpha value is -3.28. The number of nitrogens with one attached hydrogen (secondary N) is 1. The van der Waals surface area contributed by atoms with Crippen LogP contribution in [0.1, 0.15) is 34.4 Å². The van der Waals surface area contributed by atoms with Crippen molar-refractivity contribution in [3.63, 3.8) is 0 Å². The van der Waals surface area contributed by atoms with E-state index in [9.17, 15) is 4.79 Å². The smallest absolute Gasteiger partial charge is 0.270 e. The standard InChI is InChI=1S/C21H23N5O/c1-4-26(18-9-5-7-15(2)11-18)20-12-19(24-16(3)25-20)21(27)23-14-17-8-6-10-22-13-17/h5-13H,4,14H2,1-3H3,(H,23,27). The number of carbonyl (C=O) groups is 1. The Kier molecular flexibility index (Phi) is 5.76. The van der Waals surface area contributed by atoms with E-state index in [0.29, 0.717) is 23.9 Å². The lowest BCUT2D eigenvalue weighted by Gasteiger charge is -2.23. The molecule has 2 heterocycles. The van der Waals surface area contributed by atoms with E-state index >= 15 is 0 Å². The molecule has 0 fully saturated rings. The van der Waals surface area contributed by atoms with E-state index in [1.54, 1.807) is 25.4 Å². The zero-order valence-corrected chi connectivity index (χ0v) is 15.8. The average Bonchev–Trinajstić information content (AvgIpc) is 2.67. The highest BCUT2D eigenvalue weighted by Crippen LogP contribution is 2.24. The molecule has 2 aromatic heterocycles. The third kappa shape index (κ3) is 4.67. The summed E-state index contributed by atoms with van der Waals surface area (Å²) in [7, 11) is 0. The molecule has 1 N–H and O–H groups in total. The van der Waals surface area contributed by atoms with E-state index < -0.39 is 0 Å². The first-order valence-corrected chi connectivity index (χ1v) is 8.94. The number of anilines is 2. The quantitative estimate of drug-likeness (QED) is 0.727. The van der Waals surface area contributed by atoms with Crippen molar-refractivity contribution in [2.24, 2.45) is 0 Å². The summed E-state index contributed by atoms with van der Waals surface area (Å²) >= 11 is 0. The maximum absolute atomic E-state index is 12.6. The van der Waals surface area contributed by atoms with Gasteiger partial charge in [0, 0.05) is 37.2 Å². The van der Waals surface area contributed by atoms with Gasteiger partial charge in [0.2, 0.25) is 0 Å². The van der Waals surface area contributed by atoms with E-state index in [1.807, 2.05) is 24.3 Å². The predicted molar refractivity (Wildman–Crippen MR) is 106 cm³/mol. The van der Waals surface area contributed by atoms with Gasteiger partial charge in [-0.1, -0.05) is 18.2 Å². The lowest BCUT2D eigenvalue weighted by molar-refractivity contribution is 0.0945. The van der Waals surface area contributed by atoms with Gasteiger partial charge >= 0.3 is 0 Å². The summed E-state index contributed by atoms with van der Waals surface area (Å²) in [6, 6.07) is 13.7. The van der Waals surface area contributed by atoms with Crippen molar-refractivity contribution in [3.8, 4) is 0 Å².